The second-order valence-electron chi connectivity index (χ2n) is 15.0. The Hall–Kier alpha value is -4.48. The van der Waals surface area contributed by atoms with E-state index in [1.54, 1.807) is 0 Å². The lowest BCUT2D eigenvalue weighted by Gasteiger charge is -2.19. The summed E-state index contributed by atoms with van der Waals surface area (Å²) >= 11 is 1.85. The van der Waals surface area contributed by atoms with E-state index < -0.39 is 67.2 Å². The molecule has 0 bridgehead atoms. The van der Waals surface area contributed by atoms with Gasteiger partial charge < -0.3 is 37.2 Å². The number of carbonyl (C=O) groups is 6. The number of carbonyl (C=O) groups excluding carboxylic acids is 6. The minimum atomic E-state index is -3.32. The molecule has 7 N–H and O–H groups in total. The molecule has 1 aromatic carbocycles. The lowest BCUT2D eigenvalue weighted by atomic mass is 10.0. The minimum absolute atomic E-state index is 0.00104. The van der Waals surface area contributed by atoms with E-state index in [9.17, 15) is 54.7 Å². The summed E-state index contributed by atoms with van der Waals surface area (Å²) in [6.07, 6.45) is 8.55. The summed E-state index contributed by atoms with van der Waals surface area (Å²) in [5.74, 6) is -9.67. The lowest BCUT2D eigenvalue weighted by molar-refractivity contribution is -0.129. The van der Waals surface area contributed by atoms with Crippen LogP contribution in [0.15, 0.2) is 5.11 Å². The van der Waals surface area contributed by atoms with Crippen LogP contribution in [0.25, 0.3) is 10.4 Å². The van der Waals surface area contributed by atoms with Crippen LogP contribution < -0.4 is 37.2 Å². The van der Waals surface area contributed by atoms with Crippen molar-refractivity contribution in [3.05, 3.63) is 39.3 Å². The van der Waals surface area contributed by atoms with Gasteiger partial charge in [-0.2, -0.15) is 11.8 Å². The Morgan fingerprint density at radius 3 is 1.95 bits per heavy atom. The summed E-state index contributed by atoms with van der Waals surface area (Å²) in [4.78, 5) is 76.1. The van der Waals surface area contributed by atoms with Crippen LogP contribution in [0, 0.1) is 23.3 Å². The number of nitrogens with one attached hydrogen (secondary N) is 7. The smallest absolute Gasteiger partial charge is 0.315 e. The largest absolute Gasteiger partial charge is 0.356 e. The molecule has 352 valence electrons. The van der Waals surface area contributed by atoms with Crippen LogP contribution in [-0.2, 0) is 28.0 Å². The summed E-state index contributed by atoms with van der Waals surface area (Å²) in [5.41, 5.74) is 5.28. The Labute approximate surface area is 371 Å². The predicted molar refractivity (Wildman–Crippen MR) is 230 cm³/mol. The van der Waals surface area contributed by atoms with Crippen molar-refractivity contribution in [2.24, 2.45) is 5.11 Å². The van der Waals surface area contributed by atoms with Crippen molar-refractivity contribution in [2.45, 2.75) is 120 Å². The van der Waals surface area contributed by atoms with Gasteiger partial charge in [-0.3, -0.25) is 24.0 Å². The highest BCUT2D eigenvalue weighted by Gasteiger charge is 2.42. The van der Waals surface area contributed by atoms with E-state index in [1.807, 2.05) is 11.8 Å². The highest BCUT2D eigenvalue weighted by atomic mass is 33.1. The number of halogens is 4. The van der Waals surface area contributed by atoms with Crippen molar-refractivity contribution >= 4 is 72.7 Å². The van der Waals surface area contributed by atoms with Crippen molar-refractivity contribution in [1.82, 2.24) is 37.2 Å². The molecule has 25 heteroatoms. The van der Waals surface area contributed by atoms with E-state index in [0.29, 0.717) is 67.7 Å². The highest BCUT2D eigenvalue weighted by molar-refractivity contribution is 8.71. The third-order valence-corrected chi connectivity index (χ3v) is 14.1. The summed E-state index contributed by atoms with van der Waals surface area (Å²) in [5, 5.41) is 22.0. The SMILES string of the molecule is CS(=O)(=O)SCCNC(=O)[C@H](CCCCNC(=O)CCCCCNC(=O)CCCC[C@@H]1SC[C@@H]2NC(=O)N[C@@H]21)NC(=O)CCCCCNC(=O)c1c(F)c(F)c(N=[N+]=[N-])c(F)c1F. The third-order valence-electron chi connectivity index (χ3n) is 10.1. The number of rotatable bonds is 30. The Balaban J connectivity index is 1.27. The van der Waals surface area contributed by atoms with Gasteiger partial charge in [-0.05, 0) is 74.1 Å². The quantitative estimate of drug-likeness (QED) is 0.00832. The van der Waals surface area contributed by atoms with Crippen molar-refractivity contribution in [2.75, 3.05) is 43.9 Å². The zero-order valence-corrected chi connectivity index (χ0v) is 37.5. The molecule has 63 heavy (non-hydrogen) atoms. The van der Waals surface area contributed by atoms with Crippen molar-refractivity contribution in [3.8, 4) is 0 Å². The molecular formula is C38H56F4N10O8S3. The molecule has 18 nitrogen and oxygen atoms in total. The summed E-state index contributed by atoms with van der Waals surface area (Å²) < 4.78 is 79.4. The Kier molecular flexibility index (Phi) is 23.2. The molecule has 0 spiro atoms. The van der Waals surface area contributed by atoms with E-state index in [-0.39, 0.29) is 74.5 Å². The molecule has 2 aliphatic heterocycles. The minimum Gasteiger partial charge on any atom is -0.356 e. The van der Waals surface area contributed by atoms with Gasteiger partial charge in [0.15, 0.2) is 32.1 Å². The number of amides is 7. The standard InChI is InChI=1S/C38H56F4N10O8S3/c1-63(59,60)62-21-20-47-36(56)23(48-28(55)16-5-3-10-19-46-37(57)29-30(39)32(41)35(51-52-43)33(42)31(29)40)12-8-11-18-45-26(53)14-4-2-9-17-44-27(54)15-7-6-13-25-34-24(22-61-25)49-38(58)50-34/h23-25,34H,2-22H2,1H3,(H,44,54)(H,45,53)(H,46,57)(H,47,56)(H,48,55)(H2,49,50,58)/t23-,24-,25-,34-/m0/s1. The number of fused-ring (bicyclic) bond motifs is 1. The van der Waals surface area contributed by atoms with Crippen LogP contribution in [0.3, 0.4) is 0 Å². The molecule has 0 aliphatic carbocycles. The predicted octanol–water partition coefficient (Wildman–Crippen LogP) is 4.46. The average Bonchev–Trinajstić information content (AvgIpc) is 3.79. The van der Waals surface area contributed by atoms with Gasteiger partial charge in [-0.15, -0.1) is 0 Å². The molecule has 2 saturated heterocycles. The van der Waals surface area contributed by atoms with E-state index in [4.69, 9.17) is 5.53 Å². The molecule has 4 atom stereocenters. The van der Waals surface area contributed by atoms with Crippen molar-refractivity contribution in [1.29, 1.82) is 0 Å². The number of benzene rings is 1. The van der Waals surface area contributed by atoms with Gasteiger partial charge in [-0.1, -0.05) is 24.4 Å². The van der Waals surface area contributed by atoms with Gasteiger partial charge in [0.2, 0.25) is 23.6 Å². The fourth-order valence-electron chi connectivity index (χ4n) is 6.82. The van der Waals surface area contributed by atoms with Crippen molar-refractivity contribution in [3.63, 3.8) is 0 Å². The summed E-state index contributed by atoms with van der Waals surface area (Å²) in [6, 6.07) is -0.708. The van der Waals surface area contributed by atoms with Crippen molar-refractivity contribution < 1.29 is 54.7 Å². The topological polar surface area (TPSA) is 270 Å². The first-order chi connectivity index (χ1) is 30.0. The summed E-state index contributed by atoms with van der Waals surface area (Å²) in [7, 11) is -2.66. The zero-order chi connectivity index (χ0) is 46.4. The molecule has 3 rings (SSSR count). The van der Waals surface area contributed by atoms with E-state index >= 15 is 0 Å². The second kappa shape index (κ2) is 27.6. The molecule has 1 aromatic rings. The number of hydrogen-bond donors (Lipinski definition) is 7. The van der Waals surface area contributed by atoms with E-state index in [2.05, 4.69) is 47.2 Å². The maximum absolute atomic E-state index is 14.3. The fraction of sp³-hybridized carbons (Fsp3) is 0.684. The zero-order valence-electron chi connectivity index (χ0n) is 35.0. The van der Waals surface area contributed by atoms with Crippen LogP contribution in [0.4, 0.5) is 28.0 Å². The first-order valence-electron chi connectivity index (χ1n) is 20.8. The van der Waals surface area contributed by atoms with Gasteiger partial charge in [-0.25, -0.2) is 30.8 Å². The van der Waals surface area contributed by atoms with Gasteiger partial charge >= 0.3 is 6.03 Å². The van der Waals surface area contributed by atoms with Crippen LogP contribution in [0.1, 0.15) is 107 Å². The van der Waals surface area contributed by atoms with E-state index in [1.165, 1.54) is 0 Å². The third kappa shape index (κ3) is 19.0. The second-order valence-corrected chi connectivity index (χ2v) is 20.9. The average molecular weight is 953 g/mol. The first-order valence-corrected chi connectivity index (χ1v) is 25.3. The van der Waals surface area contributed by atoms with Gasteiger partial charge in [0.25, 0.3) is 5.91 Å². The fourth-order valence-corrected chi connectivity index (χ4v) is 10.0. The maximum Gasteiger partial charge on any atom is 0.315 e. The Morgan fingerprint density at radius 1 is 0.778 bits per heavy atom. The number of thioether (sulfide) groups is 1. The van der Waals surface area contributed by atoms with Crippen LogP contribution in [-0.4, -0.2) is 111 Å². The molecule has 7 amide bonds. The lowest BCUT2D eigenvalue weighted by Crippen LogP contribution is -2.47. The molecule has 0 unspecified atom stereocenters. The molecule has 2 fully saturated rings. The maximum atomic E-state index is 14.3. The molecule has 0 radical (unpaired) electrons. The Morgan fingerprint density at radius 2 is 1.35 bits per heavy atom. The number of unbranched alkanes of at least 4 members (excludes halogenated alkanes) is 6. The highest BCUT2D eigenvalue weighted by Crippen LogP contribution is 2.33. The van der Waals surface area contributed by atoms with Gasteiger partial charge in [0, 0.05) is 73.4 Å². The molecule has 0 aromatic heterocycles. The number of azide groups is 1. The molecule has 2 aliphatic rings. The van der Waals surface area contributed by atoms with Gasteiger partial charge in [0.05, 0.1) is 12.1 Å². The number of nitrogens with zero attached hydrogens (tertiary/aromatic N) is 3. The number of hydrogen-bond acceptors (Lipinski definition) is 11. The molecule has 2 heterocycles. The van der Waals surface area contributed by atoms with Crippen LogP contribution >= 0.6 is 22.6 Å². The summed E-state index contributed by atoms with van der Waals surface area (Å²) in [6.45, 7) is 0.737. The Bertz CT molecular complexity index is 1900. The van der Waals surface area contributed by atoms with Crippen LogP contribution in [0.2, 0.25) is 0 Å². The normalized spacial score (nSPS) is 17.1. The van der Waals surface area contributed by atoms with Gasteiger partial charge in [0.1, 0.15) is 17.3 Å². The number of urea groups is 1. The molecular weight excluding hydrogens is 897 g/mol. The monoisotopic (exact) mass is 952 g/mol. The first kappa shape index (κ1) is 52.9. The molecule has 0 saturated carbocycles. The van der Waals surface area contributed by atoms with E-state index in [0.717, 1.165) is 44.1 Å². The van der Waals surface area contributed by atoms with Crippen LogP contribution in [0.5, 0.6) is 0 Å².